The van der Waals surface area contributed by atoms with Crippen molar-refractivity contribution in [2.45, 2.75) is 103 Å². The van der Waals surface area contributed by atoms with Crippen molar-refractivity contribution in [2.75, 3.05) is 13.1 Å². The fourth-order valence-corrected chi connectivity index (χ4v) is 9.17. The lowest BCUT2D eigenvalue weighted by Gasteiger charge is -2.24. The Bertz CT molecular complexity index is 2100. The molecule has 0 spiro atoms. The Labute approximate surface area is 327 Å². The molecule has 3 saturated heterocycles. The molecular weight excluding hydrogens is 722 g/mol. The molecule has 2 aromatic carbocycles. The first kappa shape index (κ1) is 38.4. The first-order valence-corrected chi connectivity index (χ1v) is 20.2. The quantitative estimate of drug-likeness (QED) is 0.0931. The Kier molecular flexibility index (Phi) is 11.4. The number of nitriles is 1. The monoisotopic (exact) mass is 772 g/mol. The van der Waals surface area contributed by atoms with Crippen LogP contribution in [0.15, 0.2) is 42.2 Å². The first-order chi connectivity index (χ1) is 26.0. The Morgan fingerprint density at radius 1 is 1.17 bits per heavy atom. The highest BCUT2D eigenvalue weighted by atomic mass is 35.5. The number of H-pyrrole nitrogens is 1. The predicted molar refractivity (Wildman–Crippen MR) is 215 cm³/mol. The number of rotatable bonds is 7. The Hall–Kier alpha value is -3.88. The van der Waals surface area contributed by atoms with Crippen molar-refractivity contribution in [1.82, 2.24) is 25.6 Å². The zero-order chi connectivity index (χ0) is 38.1. The molecule has 0 radical (unpaired) electrons. The number of likely N-dealkylation sites (tertiary alicyclic amines) is 1. The molecule has 286 valence electrons. The second kappa shape index (κ2) is 16.1. The number of benzene rings is 2. The molecule has 3 aliphatic carbocycles. The molecule has 6 aliphatic rings. The van der Waals surface area contributed by atoms with Crippen LogP contribution in [0.3, 0.4) is 0 Å². The van der Waals surface area contributed by atoms with Crippen LogP contribution in [0.4, 0.5) is 4.39 Å². The van der Waals surface area contributed by atoms with Crippen molar-refractivity contribution < 1.29 is 9.18 Å². The van der Waals surface area contributed by atoms with Gasteiger partial charge in [-0.3, -0.25) is 10.6 Å². The average Bonchev–Trinajstić information content (AvgIpc) is 3.71. The summed E-state index contributed by atoms with van der Waals surface area (Å²) in [4.78, 5) is 23.1. The number of hydrazine groups is 1. The second-order valence-corrected chi connectivity index (χ2v) is 16.8. The molecule has 1 atom stereocenters. The minimum absolute atomic E-state index is 0.0117. The molecule has 5 heterocycles. The van der Waals surface area contributed by atoms with Gasteiger partial charge in [-0.05, 0) is 101 Å². The third-order valence-corrected chi connectivity index (χ3v) is 13.0. The van der Waals surface area contributed by atoms with Crippen LogP contribution in [-0.4, -0.2) is 39.9 Å². The SMILES string of the molecule is C1NC2CC1C2.CC1(/C(N)=C/NN)CCCC1.Cc1nc2c(F)c(-c3cccc(Cl)c3Cl)c(CCC#N)cc2c2[nH]c(C3CCCN3C(=O)C3CC3)cc12. The summed E-state index contributed by atoms with van der Waals surface area (Å²) in [6.45, 7) is 6.15. The van der Waals surface area contributed by atoms with Gasteiger partial charge >= 0.3 is 0 Å². The van der Waals surface area contributed by atoms with Gasteiger partial charge in [0.05, 0.1) is 27.7 Å². The van der Waals surface area contributed by atoms with Crippen LogP contribution in [-0.2, 0) is 11.2 Å². The summed E-state index contributed by atoms with van der Waals surface area (Å²) in [5, 5.41) is 14.8. The van der Waals surface area contributed by atoms with E-state index in [1.807, 2.05) is 17.9 Å². The predicted octanol–water partition coefficient (Wildman–Crippen LogP) is 8.87. The Morgan fingerprint density at radius 3 is 2.56 bits per heavy atom. The Morgan fingerprint density at radius 2 is 1.93 bits per heavy atom. The highest BCUT2D eigenvalue weighted by molar-refractivity contribution is 6.43. The number of carbonyl (C=O) groups is 1. The smallest absolute Gasteiger partial charge is 0.226 e. The molecule has 54 heavy (non-hydrogen) atoms. The van der Waals surface area contributed by atoms with Crippen LogP contribution in [0.1, 0.15) is 101 Å². The summed E-state index contributed by atoms with van der Waals surface area (Å²) >= 11 is 12.8. The molecular formula is C42H51Cl2FN8O. The lowest BCUT2D eigenvalue weighted by atomic mass is 9.86. The van der Waals surface area contributed by atoms with Gasteiger partial charge in [0.25, 0.3) is 0 Å². The molecule has 7 N–H and O–H groups in total. The average molecular weight is 774 g/mol. The molecule has 3 saturated carbocycles. The maximum atomic E-state index is 16.3. The molecule has 6 fully saturated rings. The fourth-order valence-electron chi connectivity index (χ4n) is 8.78. The van der Waals surface area contributed by atoms with Gasteiger partial charge in [0.15, 0.2) is 5.82 Å². The second-order valence-electron chi connectivity index (χ2n) is 16.0. The van der Waals surface area contributed by atoms with Crippen LogP contribution in [0.2, 0.25) is 10.0 Å². The third kappa shape index (κ3) is 7.66. The highest BCUT2D eigenvalue weighted by Gasteiger charge is 2.39. The summed E-state index contributed by atoms with van der Waals surface area (Å²) in [6, 6.07) is 12.2. The van der Waals surface area contributed by atoms with Crippen molar-refractivity contribution in [3.05, 3.63) is 75.0 Å². The number of allylic oxidation sites excluding steroid dienone is 1. The van der Waals surface area contributed by atoms with Crippen LogP contribution in [0.5, 0.6) is 0 Å². The minimum atomic E-state index is -0.484. The molecule has 12 heteroatoms. The molecule has 2 bridgehead atoms. The lowest BCUT2D eigenvalue weighted by Crippen LogP contribution is -2.31. The number of hydrogen-bond donors (Lipinski definition) is 5. The van der Waals surface area contributed by atoms with Crippen molar-refractivity contribution in [2.24, 2.45) is 28.8 Å². The van der Waals surface area contributed by atoms with Crippen molar-refractivity contribution >= 4 is 50.9 Å². The van der Waals surface area contributed by atoms with E-state index in [-0.39, 0.29) is 40.2 Å². The summed E-state index contributed by atoms with van der Waals surface area (Å²) in [5.74, 6) is 6.16. The number of fused-ring (bicyclic) bond motifs is 4. The number of nitrogens with zero attached hydrogens (tertiary/aromatic N) is 3. The van der Waals surface area contributed by atoms with Gasteiger partial charge in [0.1, 0.15) is 5.52 Å². The number of carbonyl (C=O) groups excluding carboxylic acids is 1. The maximum absolute atomic E-state index is 16.3. The van der Waals surface area contributed by atoms with Crippen LogP contribution in [0, 0.1) is 41.3 Å². The maximum Gasteiger partial charge on any atom is 0.226 e. The minimum Gasteiger partial charge on any atom is -0.400 e. The molecule has 3 aliphatic heterocycles. The number of aromatic amines is 1. The van der Waals surface area contributed by atoms with E-state index in [9.17, 15) is 10.1 Å². The van der Waals surface area contributed by atoms with E-state index in [0.717, 1.165) is 66.5 Å². The zero-order valence-electron chi connectivity index (χ0n) is 31.2. The number of aromatic nitrogens is 2. The van der Waals surface area contributed by atoms with E-state index in [2.05, 4.69) is 39.8 Å². The summed E-state index contributed by atoms with van der Waals surface area (Å²) < 4.78 is 16.3. The largest absolute Gasteiger partial charge is 0.400 e. The van der Waals surface area contributed by atoms with Gasteiger partial charge in [0.2, 0.25) is 5.91 Å². The molecule has 9 nitrogen and oxygen atoms in total. The van der Waals surface area contributed by atoms with Crippen LogP contribution in [0.25, 0.3) is 32.9 Å². The fraction of sp³-hybridized carbons (Fsp3) is 0.500. The van der Waals surface area contributed by atoms with Crippen LogP contribution < -0.4 is 22.3 Å². The number of nitrogens with two attached hydrogens (primary N) is 2. The third-order valence-electron chi connectivity index (χ3n) is 12.2. The van der Waals surface area contributed by atoms with Gasteiger partial charge in [0, 0.05) is 75.5 Å². The number of pyridine rings is 1. The topological polar surface area (TPSA) is 149 Å². The normalized spacial score (nSPS) is 22.6. The summed E-state index contributed by atoms with van der Waals surface area (Å²) in [6.07, 6.45) is 14.0. The van der Waals surface area contributed by atoms with Crippen molar-refractivity contribution in [1.29, 1.82) is 5.26 Å². The number of halogens is 3. The number of aryl methyl sites for hydroxylation is 2. The zero-order valence-corrected chi connectivity index (χ0v) is 32.7. The molecule has 2 aromatic heterocycles. The van der Waals surface area contributed by atoms with E-state index >= 15 is 4.39 Å². The molecule has 1 amide bonds. The van der Waals surface area contributed by atoms with E-state index in [1.165, 1.54) is 45.1 Å². The summed E-state index contributed by atoms with van der Waals surface area (Å²) in [7, 11) is 0. The van der Waals surface area contributed by atoms with Gasteiger partial charge < -0.3 is 26.4 Å². The van der Waals surface area contributed by atoms with Gasteiger partial charge in [-0.2, -0.15) is 5.26 Å². The lowest BCUT2D eigenvalue weighted by molar-refractivity contribution is -0.133. The van der Waals surface area contributed by atoms with E-state index in [4.69, 9.17) is 34.8 Å². The van der Waals surface area contributed by atoms with Crippen LogP contribution >= 0.6 is 23.2 Å². The highest BCUT2D eigenvalue weighted by Crippen LogP contribution is 2.44. The van der Waals surface area contributed by atoms with Gasteiger partial charge in [-0.25, -0.2) is 9.37 Å². The van der Waals surface area contributed by atoms with E-state index in [1.54, 1.807) is 24.4 Å². The molecule has 4 aromatic rings. The molecule has 10 rings (SSSR count). The van der Waals surface area contributed by atoms with E-state index < -0.39 is 5.82 Å². The first-order valence-electron chi connectivity index (χ1n) is 19.4. The van der Waals surface area contributed by atoms with Gasteiger partial charge in [-0.1, -0.05) is 55.1 Å². The number of hydrogen-bond acceptors (Lipinski definition) is 7. The van der Waals surface area contributed by atoms with Gasteiger partial charge in [-0.15, -0.1) is 0 Å². The standard InChI is InChI=1S/C29H25Cl2FN4O.C8H17N3.C5H9N/c1-15-19-14-22(23-8-4-12-36(23)29(37)16-9-10-16)35-27(19)20-13-17(5-3-11-33)24(26(32)28(20)34-15)18-6-2-7-21(30)25(18)31;1-8(4-2-3-5-8)7(9)6-11-10;1-4-2-5(1)6-3-4/h2,6-7,13-14,16,23,35H,3-5,8-10,12H2,1H3;6,11H,2-5,9-10H2,1H3;4-6H,1-3H2/b;7-6-;. The van der Waals surface area contributed by atoms with E-state index in [0.29, 0.717) is 39.2 Å². The summed E-state index contributed by atoms with van der Waals surface area (Å²) in [5.41, 5.74) is 13.6. The molecule has 1 unspecified atom stereocenters. The van der Waals surface area contributed by atoms with Crippen molar-refractivity contribution in [3.8, 4) is 17.2 Å². The number of amides is 1. The number of nitrogens with one attached hydrogen (secondary N) is 3. The van der Waals surface area contributed by atoms with Crippen molar-refractivity contribution in [3.63, 3.8) is 0 Å². The Balaban J connectivity index is 0.000000215.